The molecule has 8 rings (SSSR count). The summed E-state index contributed by atoms with van der Waals surface area (Å²) in [4.78, 5) is 0. The standard InChI is InChI=1S/C54H46O5/c1-37-31-49(42-25-21-40(22-26-42)38-13-4-2-5-14-38)53(56)51(32-37)47-19-10-8-17-44(47)35-58-29-12-30-59-36-45-18-9-11-20-48(45)52-34-46(55)33-50(54(52)57)43-27-23-41(24-28-43)39-15-6-3-7-16-39/h2-11,13-28,31-34,55-57H,12,29-30,35-36H2,1H3. The van der Waals surface area contributed by atoms with Crippen LogP contribution in [-0.2, 0) is 22.7 Å². The predicted octanol–water partition coefficient (Wildman–Crippen LogP) is 13.2. The van der Waals surface area contributed by atoms with Gasteiger partial charge in [-0.15, -0.1) is 0 Å². The Kier molecular flexibility index (Phi) is 12.0. The maximum atomic E-state index is 11.6. The van der Waals surface area contributed by atoms with Gasteiger partial charge in [0.2, 0.25) is 0 Å². The Bertz CT molecular complexity index is 2470. The topological polar surface area (TPSA) is 79.2 Å². The van der Waals surface area contributed by atoms with E-state index in [1.807, 2.05) is 121 Å². The van der Waals surface area contributed by atoms with Crippen LogP contribution in [0.3, 0.4) is 0 Å². The fourth-order valence-corrected chi connectivity index (χ4v) is 7.64. The highest BCUT2D eigenvalue weighted by Gasteiger charge is 2.18. The largest absolute Gasteiger partial charge is 0.508 e. The first-order chi connectivity index (χ1) is 28.9. The van der Waals surface area contributed by atoms with Gasteiger partial charge in [-0.2, -0.15) is 0 Å². The lowest BCUT2D eigenvalue weighted by Gasteiger charge is -2.16. The van der Waals surface area contributed by atoms with E-state index in [-0.39, 0.29) is 17.2 Å². The van der Waals surface area contributed by atoms with Gasteiger partial charge < -0.3 is 24.8 Å². The van der Waals surface area contributed by atoms with Gasteiger partial charge in [-0.25, -0.2) is 0 Å². The molecule has 0 amide bonds. The molecule has 59 heavy (non-hydrogen) atoms. The monoisotopic (exact) mass is 774 g/mol. The highest BCUT2D eigenvalue weighted by Crippen LogP contribution is 2.43. The van der Waals surface area contributed by atoms with Gasteiger partial charge >= 0.3 is 0 Å². The summed E-state index contributed by atoms with van der Waals surface area (Å²) in [5.41, 5.74) is 13.6. The molecule has 0 unspecified atom stereocenters. The number of hydrogen-bond donors (Lipinski definition) is 3. The van der Waals surface area contributed by atoms with E-state index in [0.29, 0.717) is 44.0 Å². The molecule has 0 radical (unpaired) electrons. The van der Waals surface area contributed by atoms with E-state index in [9.17, 15) is 15.3 Å². The van der Waals surface area contributed by atoms with E-state index in [0.717, 1.165) is 72.3 Å². The first-order valence-corrected chi connectivity index (χ1v) is 20.0. The molecule has 8 aromatic rings. The zero-order valence-corrected chi connectivity index (χ0v) is 33.0. The lowest BCUT2D eigenvalue weighted by Crippen LogP contribution is -2.03. The number of phenols is 3. The second kappa shape index (κ2) is 18.1. The quantitative estimate of drug-likeness (QED) is 0.0757. The molecule has 0 aromatic heterocycles. The van der Waals surface area contributed by atoms with Crippen LogP contribution in [0.2, 0.25) is 0 Å². The Morgan fingerprint density at radius 2 is 0.712 bits per heavy atom. The summed E-state index contributed by atoms with van der Waals surface area (Å²) in [6, 6.07) is 59.8. The number of phenolic OH excluding ortho intramolecular Hbond substituents is 3. The zero-order chi connectivity index (χ0) is 40.6. The fourth-order valence-electron chi connectivity index (χ4n) is 7.64. The Hall–Kier alpha value is -6.92. The second-order valence-corrected chi connectivity index (χ2v) is 14.8. The number of benzene rings is 8. The molecule has 3 N–H and O–H groups in total. The maximum Gasteiger partial charge on any atom is 0.131 e. The number of hydrogen-bond acceptors (Lipinski definition) is 5. The van der Waals surface area contributed by atoms with Crippen LogP contribution in [0.5, 0.6) is 17.2 Å². The van der Waals surface area contributed by atoms with Crippen LogP contribution in [0.15, 0.2) is 182 Å². The van der Waals surface area contributed by atoms with Crippen LogP contribution in [0.25, 0.3) is 66.8 Å². The Morgan fingerprint density at radius 1 is 0.356 bits per heavy atom. The van der Waals surface area contributed by atoms with E-state index in [2.05, 4.69) is 55.5 Å². The average Bonchev–Trinajstić information content (AvgIpc) is 3.28. The molecule has 5 nitrogen and oxygen atoms in total. The molecule has 0 fully saturated rings. The summed E-state index contributed by atoms with van der Waals surface area (Å²) < 4.78 is 12.3. The van der Waals surface area contributed by atoms with Crippen molar-refractivity contribution in [2.45, 2.75) is 26.6 Å². The molecular weight excluding hydrogens is 729 g/mol. The zero-order valence-electron chi connectivity index (χ0n) is 33.0. The minimum absolute atomic E-state index is 0.0706. The number of aromatic hydroxyl groups is 3. The molecule has 0 aliphatic rings. The average molecular weight is 775 g/mol. The third-order valence-electron chi connectivity index (χ3n) is 10.7. The van der Waals surface area contributed by atoms with Crippen molar-refractivity contribution in [3.8, 4) is 84.0 Å². The molecule has 8 aromatic carbocycles. The lowest BCUT2D eigenvalue weighted by atomic mass is 9.92. The third kappa shape index (κ3) is 8.98. The van der Waals surface area contributed by atoms with Crippen LogP contribution in [0.1, 0.15) is 23.1 Å². The number of ether oxygens (including phenoxy) is 2. The van der Waals surface area contributed by atoms with Gasteiger partial charge in [0.25, 0.3) is 0 Å². The van der Waals surface area contributed by atoms with Crippen molar-refractivity contribution in [2.75, 3.05) is 13.2 Å². The smallest absolute Gasteiger partial charge is 0.131 e. The van der Waals surface area contributed by atoms with Crippen molar-refractivity contribution in [3.05, 3.63) is 199 Å². The molecule has 0 saturated heterocycles. The molecule has 0 aliphatic heterocycles. The van der Waals surface area contributed by atoms with E-state index >= 15 is 0 Å². The molecule has 0 atom stereocenters. The maximum absolute atomic E-state index is 11.6. The van der Waals surface area contributed by atoms with Gasteiger partial charge in [-0.1, -0.05) is 158 Å². The van der Waals surface area contributed by atoms with Crippen molar-refractivity contribution in [1.29, 1.82) is 0 Å². The minimum atomic E-state index is 0.0706. The highest BCUT2D eigenvalue weighted by atomic mass is 16.5. The number of aryl methyl sites for hydroxylation is 1. The van der Waals surface area contributed by atoms with Crippen LogP contribution in [0.4, 0.5) is 0 Å². The summed E-state index contributed by atoms with van der Waals surface area (Å²) in [5, 5.41) is 34.0. The van der Waals surface area contributed by atoms with Gasteiger partial charge in [0.1, 0.15) is 17.2 Å². The molecule has 0 bridgehead atoms. The molecule has 0 spiro atoms. The van der Waals surface area contributed by atoms with Crippen molar-refractivity contribution < 1.29 is 24.8 Å². The second-order valence-electron chi connectivity index (χ2n) is 14.8. The van der Waals surface area contributed by atoms with Crippen molar-refractivity contribution in [3.63, 3.8) is 0 Å². The predicted molar refractivity (Wildman–Crippen MR) is 239 cm³/mol. The van der Waals surface area contributed by atoms with Crippen LogP contribution < -0.4 is 0 Å². The minimum Gasteiger partial charge on any atom is -0.508 e. The molecule has 0 heterocycles. The summed E-state index contributed by atoms with van der Waals surface area (Å²) in [6.07, 6.45) is 0.684. The molecule has 0 aliphatic carbocycles. The summed E-state index contributed by atoms with van der Waals surface area (Å²) in [7, 11) is 0. The molecule has 5 heteroatoms. The van der Waals surface area contributed by atoms with Crippen LogP contribution >= 0.6 is 0 Å². The van der Waals surface area contributed by atoms with Gasteiger partial charge in [0.15, 0.2) is 0 Å². The first kappa shape index (κ1) is 38.9. The lowest BCUT2D eigenvalue weighted by molar-refractivity contribution is 0.0698. The van der Waals surface area contributed by atoms with Gasteiger partial charge in [0, 0.05) is 35.5 Å². The van der Waals surface area contributed by atoms with Crippen LogP contribution in [-0.4, -0.2) is 28.5 Å². The van der Waals surface area contributed by atoms with Crippen molar-refractivity contribution >= 4 is 0 Å². The first-order valence-electron chi connectivity index (χ1n) is 20.0. The van der Waals surface area contributed by atoms with Gasteiger partial charge in [0.05, 0.1) is 13.2 Å². The van der Waals surface area contributed by atoms with E-state index in [4.69, 9.17) is 9.47 Å². The van der Waals surface area contributed by atoms with E-state index < -0.39 is 0 Å². The summed E-state index contributed by atoms with van der Waals surface area (Å²) >= 11 is 0. The molecule has 292 valence electrons. The van der Waals surface area contributed by atoms with E-state index in [1.54, 1.807) is 12.1 Å². The highest BCUT2D eigenvalue weighted by molar-refractivity contribution is 5.86. The van der Waals surface area contributed by atoms with Crippen molar-refractivity contribution in [2.24, 2.45) is 0 Å². The van der Waals surface area contributed by atoms with Crippen LogP contribution in [0, 0.1) is 6.92 Å². The Labute approximate surface area is 346 Å². The fraction of sp³-hybridized carbons (Fsp3) is 0.111. The Morgan fingerprint density at radius 3 is 1.20 bits per heavy atom. The normalized spacial score (nSPS) is 11.1. The summed E-state index contributed by atoms with van der Waals surface area (Å²) in [5.74, 6) is 0.419. The van der Waals surface area contributed by atoms with Crippen molar-refractivity contribution in [1.82, 2.24) is 0 Å². The number of rotatable bonds is 14. The third-order valence-corrected chi connectivity index (χ3v) is 10.7. The van der Waals surface area contributed by atoms with Gasteiger partial charge in [-0.3, -0.25) is 0 Å². The van der Waals surface area contributed by atoms with E-state index in [1.165, 1.54) is 0 Å². The Balaban J connectivity index is 0.890. The van der Waals surface area contributed by atoms with Gasteiger partial charge in [-0.05, 0) is 98.8 Å². The summed E-state index contributed by atoms with van der Waals surface area (Å²) in [6.45, 7) is 3.75. The molecular formula is C54H46O5. The molecule has 0 saturated carbocycles. The SMILES string of the molecule is Cc1cc(-c2ccc(-c3ccccc3)cc2)c(O)c(-c2ccccc2COCCCOCc2ccccc2-c2cc(O)cc(-c3ccc(-c4ccccc4)cc3)c2O)c1.